The summed E-state index contributed by atoms with van der Waals surface area (Å²) in [5.74, 6) is 0.758. The topological polar surface area (TPSA) is 68.3 Å². The van der Waals surface area contributed by atoms with Gasteiger partial charge in [0.25, 0.3) is 5.69 Å². The number of hydrogen-bond donors (Lipinski definition) is 1. The van der Waals surface area contributed by atoms with E-state index in [2.05, 4.69) is 21.2 Å². The fourth-order valence-corrected chi connectivity index (χ4v) is 1.91. The third-order valence-electron chi connectivity index (χ3n) is 2.46. The maximum absolute atomic E-state index is 10.7. The predicted molar refractivity (Wildman–Crippen MR) is 71.5 cm³/mol. The number of halogens is 1. The van der Waals surface area contributed by atoms with E-state index < -0.39 is 4.92 Å². The highest BCUT2D eigenvalue weighted by Crippen LogP contribution is 2.25. The molecule has 0 saturated heterocycles. The van der Waals surface area contributed by atoms with Crippen molar-refractivity contribution in [1.82, 2.24) is 0 Å². The van der Waals surface area contributed by atoms with Crippen LogP contribution in [0.4, 0.5) is 11.4 Å². The molecule has 2 aromatic rings. The van der Waals surface area contributed by atoms with Crippen molar-refractivity contribution in [2.24, 2.45) is 0 Å². The number of hydrogen-bond acceptors (Lipinski definition) is 4. The van der Waals surface area contributed by atoms with Crippen LogP contribution in [0.5, 0.6) is 0 Å². The number of nitro groups is 1. The van der Waals surface area contributed by atoms with Crippen molar-refractivity contribution >= 4 is 27.3 Å². The van der Waals surface area contributed by atoms with Gasteiger partial charge in [-0.3, -0.25) is 10.1 Å². The van der Waals surface area contributed by atoms with E-state index in [1.54, 1.807) is 18.2 Å². The van der Waals surface area contributed by atoms with E-state index in [1.165, 1.54) is 12.1 Å². The number of rotatable bonds is 4. The van der Waals surface area contributed by atoms with Crippen molar-refractivity contribution in [2.45, 2.75) is 13.0 Å². The molecule has 5 nitrogen and oxygen atoms in total. The second-order valence-electron chi connectivity index (χ2n) is 3.82. The Morgan fingerprint density at radius 2 is 2.17 bits per heavy atom. The van der Waals surface area contributed by atoms with E-state index in [0.29, 0.717) is 10.4 Å². The van der Waals surface area contributed by atoms with E-state index in [-0.39, 0.29) is 11.7 Å². The van der Waals surface area contributed by atoms with Gasteiger partial charge in [0, 0.05) is 17.8 Å². The summed E-state index contributed by atoms with van der Waals surface area (Å²) in [7, 11) is 0. The standard InChI is InChI=1S/C12H11BrN2O3/c1-8(11-5-6-12(13)18-11)14-9-3-2-4-10(7-9)15(16)17/h2-8,14H,1H3. The summed E-state index contributed by atoms with van der Waals surface area (Å²) < 4.78 is 6.07. The van der Waals surface area contributed by atoms with Crippen LogP contribution < -0.4 is 5.32 Å². The molecule has 1 unspecified atom stereocenters. The van der Waals surface area contributed by atoms with Crippen LogP contribution in [-0.4, -0.2) is 4.92 Å². The van der Waals surface area contributed by atoms with E-state index >= 15 is 0 Å². The molecule has 0 fully saturated rings. The van der Waals surface area contributed by atoms with Gasteiger partial charge in [0.05, 0.1) is 11.0 Å². The molecule has 0 aliphatic carbocycles. The molecular formula is C12H11BrN2O3. The SMILES string of the molecule is CC(Nc1cccc([N+](=O)[O-])c1)c1ccc(Br)o1. The molecule has 1 heterocycles. The number of furan rings is 1. The average Bonchev–Trinajstić information content (AvgIpc) is 2.76. The molecule has 6 heteroatoms. The Hall–Kier alpha value is -1.82. The Bertz CT molecular complexity index is 568. The summed E-state index contributed by atoms with van der Waals surface area (Å²) in [5.41, 5.74) is 0.747. The first-order valence-electron chi connectivity index (χ1n) is 5.32. The quantitative estimate of drug-likeness (QED) is 0.681. The van der Waals surface area contributed by atoms with Gasteiger partial charge in [-0.1, -0.05) is 6.07 Å². The van der Waals surface area contributed by atoms with Crippen LogP contribution in [0.3, 0.4) is 0 Å². The van der Waals surface area contributed by atoms with Crippen molar-refractivity contribution in [3.63, 3.8) is 0 Å². The molecule has 0 amide bonds. The third-order valence-corrected chi connectivity index (χ3v) is 2.89. The van der Waals surface area contributed by atoms with Gasteiger partial charge in [-0.2, -0.15) is 0 Å². The van der Waals surface area contributed by atoms with E-state index in [1.807, 2.05) is 13.0 Å². The van der Waals surface area contributed by atoms with Gasteiger partial charge in [-0.25, -0.2) is 0 Å². The van der Waals surface area contributed by atoms with Crippen molar-refractivity contribution in [2.75, 3.05) is 5.32 Å². The molecule has 0 saturated carbocycles. The predicted octanol–water partition coefficient (Wildman–Crippen LogP) is 4.12. The molecule has 1 aromatic carbocycles. The van der Waals surface area contributed by atoms with Crippen LogP contribution in [0.25, 0.3) is 0 Å². The minimum Gasteiger partial charge on any atom is -0.452 e. The van der Waals surface area contributed by atoms with Gasteiger partial charge in [0.15, 0.2) is 4.67 Å². The summed E-state index contributed by atoms with van der Waals surface area (Å²) in [4.78, 5) is 10.2. The lowest BCUT2D eigenvalue weighted by molar-refractivity contribution is -0.384. The molecule has 0 radical (unpaired) electrons. The van der Waals surface area contributed by atoms with Gasteiger partial charge >= 0.3 is 0 Å². The highest BCUT2D eigenvalue weighted by molar-refractivity contribution is 9.10. The van der Waals surface area contributed by atoms with Crippen LogP contribution in [0, 0.1) is 10.1 Å². The van der Waals surface area contributed by atoms with Crippen LogP contribution in [0.1, 0.15) is 18.7 Å². The van der Waals surface area contributed by atoms with Crippen LogP contribution >= 0.6 is 15.9 Å². The molecule has 0 bridgehead atoms. The lowest BCUT2D eigenvalue weighted by atomic mass is 10.2. The zero-order valence-electron chi connectivity index (χ0n) is 9.59. The van der Waals surface area contributed by atoms with Crippen LogP contribution in [0.2, 0.25) is 0 Å². The molecule has 0 aliphatic heterocycles. The lowest BCUT2D eigenvalue weighted by Gasteiger charge is -2.12. The molecule has 0 spiro atoms. The summed E-state index contributed by atoms with van der Waals surface area (Å²) in [6.45, 7) is 1.92. The molecule has 0 aliphatic rings. The Morgan fingerprint density at radius 1 is 1.39 bits per heavy atom. The Kier molecular flexibility index (Phi) is 3.66. The number of non-ortho nitro benzene ring substituents is 1. The van der Waals surface area contributed by atoms with Crippen molar-refractivity contribution < 1.29 is 9.34 Å². The van der Waals surface area contributed by atoms with E-state index in [9.17, 15) is 10.1 Å². The first kappa shape index (κ1) is 12.6. The summed E-state index contributed by atoms with van der Waals surface area (Å²) in [6, 6.07) is 9.96. The average molecular weight is 311 g/mol. The Balaban J connectivity index is 2.14. The van der Waals surface area contributed by atoms with Gasteiger partial charge in [-0.15, -0.1) is 0 Å². The van der Waals surface area contributed by atoms with Crippen LogP contribution in [-0.2, 0) is 0 Å². The molecule has 18 heavy (non-hydrogen) atoms. The van der Waals surface area contributed by atoms with Gasteiger partial charge in [-0.05, 0) is 41.1 Å². The molecule has 1 atom stereocenters. The van der Waals surface area contributed by atoms with Gasteiger partial charge in [0.2, 0.25) is 0 Å². The maximum atomic E-state index is 10.7. The maximum Gasteiger partial charge on any atom is 0.271 e. The van der Waals surface area contributed by atoms with Gasteiger partial charge in [0.1, 0.15) is 5.76 Å². The largest absolute Gasteiger partial charge is 0.452 e. The van der Waals surface area contributed by atoms with E-state index in [4.69, 9.17) is 4.42 Å². The molecule has 1 N–H and O–H groups in total. The first-order chi connectivity index (χ1) is 8.56. The number of nitrogens with zero attached hydrogens (tertiary/aromatic N) is 1. The number of anilines is 1. The molecule has 1 aromatic heterocycles. The number of nitro benzene ring substituents is 1. The summed E-state index contributed by atoms with van der Waals surface area (Å²) >= 11 is 3.23. The monoisotopic (exact) mass is 310 g/mol. The second-order valence-corrected chi connectivity index (χ2v) is 4.60. The van der Waals surface area contributed by atoms with Gasteiger partial charge < -0.3 is 9.73 Å². The molecular weight excluding hydrogens is 300 g/mol. The van der Waals surface area contributed by atoms with Crippen molar-refractivity contribution in [3.05, 3.63) is 56.9 Å². The fourth-order valence-electron chi connectivity index (χ4n) is 1.59. The van der Waals surface area contributed by atoms with Crippen molar-refractivity contribution in [3.8, 4) is 0 Å². The normalized spacial score (nSPS) is 12.1. The highest BCUT2D eigenvalue weighted by Gasteiger charge is 2.11. The Morgan fingerprint density at radius 3 is 2.78 bits per heavy atom. The summed E-state index contributed by atoms with van der Waals surface area (Å²) in [6.07, 6.45) is 0. The third kappa shape index (κ3) is 2.89. The highest BCUT2D eigenvalue weighted by atomic mass is 79.9. The van der Waals surface area contributed by atoms with Crippen molar-refractivity contribution in [1.29, 1.82) is 0 Å². The minimum atomic E-state index is -0.417. The second kappa shape index (κ2) is 5.22. The fraction of sp³-hybridized carbons (Fsp3) is 0.167. The zero-order valence-corrected chi connectivity index (χ0v) is 11.2. The van der Waals surface area contributed by atoms with E-state index in [0.717, 1.165) is 5.76 Å². The zero-order chi connectivity index (χ0) is 13.1. The smallest absolute Gasteiger partial charge is 0.271 e. The Labute approximate surface area is 112 Å². The molecule has 94 valence electrons. The van der Waals surface area contributed by atoms with Crippen LogP contribution in [0.15, 0.2) is 45.5 Å². The summed E-state index contributed by atoms with van der Waals surface area (Å²) in [5, 5.41) is 13.8. The lowest BCUT2D eigenvalue weighted by Crippen LogP contribution is -2.05. The molecule has 2 rings (SSSR count). The number of benzene rings is 1. The first-order valence-corrected chi connectivity index (χ1v) is 6.12. The minimum absolute atomic E-state index is 0.0628. The number of nitrogens with one attached hydrogen (secondary N) is 1.